The van der Waals surface area contributed by atoms with Crippen molar-refractivity contribution in [3.63, 3.8) is 0 Å². The molecule has 3 amide bonds. The fourth-order valence-corrected chi connectivity index (χ4v) is 3.93. The van der Waals surface area contributed by atoms with Crippen LogP contribution in [0.25, 0.3) is 0 Å². The lowest BCUT2D eigenvalue weighted by atomic mass is 9.60. The van der Waals surface area contributed by atoms with Crippen LogP contribution in [0.4, 0.5) is 4.79 Å². The highest BCUT2D eigenvalue weighted by atomic mass is 16.2. The van der Waals surface area contributed by atoms with E-state index < -0.39 is 0 Å². The molecule has 3 rings (SSSR count). The topological polar surface area (TPSA) is 65.5 Å². The molecule has 0 radical (unpaired) electrons. The van der Waals surface area contributed by atoms with Gasteiger partial charge in [-0.25, -0.2) is 4.79 Å². The Morgan fingerprint density at radius 1 is 1.28 bits per heavy atom. The molecule has 1 aliphatic carbocycles. The van der Waals surface area contributed by atoms with Crippen LogP contribution in [0, 0.1) is 5.41 Å². The third-order valence-electron chi connectivity index (χ3n) is 5.64. The molecule has 1 N–H and O–H groups in total. The molecule has 6 nitrogen and oxygen atoms in total. The standard InChI is InChI=1S/C19H28N4O2/c1-4-15-6-5-14(13-20-15)17(24)23-9-7-19(8-10-23)11-16(12-19)21-18(25)22(2)3/h5-6,13,16H,4,7-12H2,1-3H3,(H,21,25). The van der Waals surface area contributed by atoms with E-state index in [9.17, 15) is 9.59 Å². The quantitative estimate of drug-likeness (QED) is 0.915. The van der Waals surface area contributed by atoms with E-state index in [1.165, 1.54) is 0 Å². The molecule has 0 aromatic carbocycles. The van der Waals surface area contributed by atoms with E-state index in [0.717, 1.165) is 50.9 Å². The molecule has 136 valence electrons. The van der Waals surface area contributed by atoms with Gasteiger partial charge in [0.25, 0.3) is 5.91 Å². The average molecular weight is 344 g/mol. The number of carbonyl (C=O) groups excluding carboxylic acids is 2. The van der Waals surface area contributed by atoms with E-state index in [1.54, 1.807) is 25.2 Å². The fourth-order valence-electron chi connectivity index (χ4n) is 3.93. The van der Waals surface area contributed by atoms with Gasteiger partial charge >= 0.3 is 6.03 Å². The van der Waals surface area contributed by atoms with E-state index in [2.05, 4.69) is 17.2 Å². The monoisotopic (exact) mass is 344 g/mol. The maximum atomic E-state index is 12.6. The first-order valence-corrected chi connectivity index (χ1v) is 9.14. The van der Waals surface area contributed by atoms with Crippen molar-refractivity contribution in [3.8, 4) is 0 Å². The molecule has 1 aromatic heterocycles. The number of piperidine rings is 1. The molecule has 2 aliphatic rings. The average Bonchev–Trinajstić information content (AvgIpc) is 2.60. The predicted octanol–water partition coefficient (Wildman–Crippen LogP) is 2.30. The van der Waals surface area contributed by atoms with Crippen LogP contribution in [0.2, 0.25) is 0 Å². The Balaban J connectivity index is 1.49. The van der Waals surface area contributed by atoms with E-state index in [4.69, 9.17) is 0 Å². The molecule has 1 saturated heterocycles. The predicted molar refractivity (Wildman–Crippen MR) is 96.4 cm³/mol. The normalized spacial score (nSPS) is 19.4. The van der Waals surface area contributed by atoms with Gasteiger partial charge in [0, 0.05) is 45.1 Å². The lowest BCUT2D eigenvalue weighted by molar-refractivity contribution is 0.0101. The Morgan fingerprint density at radius 3 is 2.48 bits per heavy atom. The van der Waals surface area contributed by atoms with Crippen molar-refractivity contribution in [2.75, 3.05) is 27.2 Å². The van der Waals surface area contributed by atoms with Gasteiger partial charge in [-0.05, 0) is 49.7 Å². The summed E-state index contributed by atoms with van der Waals surface area (Å²) in [4.78, 5) is 32.2. The van der Waals surface area contributed by atoms with Crippen LogP contribution in [0.1, 0.15) is 48.7 Å². The molecule has 6 heteroatoms. The van der Waals surface area contributed by atoms with Crippen molar-refractivity contribution < 1.29 is 9.59 Å². The number of rotatable bonds is 3. The van der Waals surface area contributed by atoms with Crippen LogP contribution in [-0.4, -0.2) is 59.9 Å². The molecule has 1 aliphatic heterocycles. The number of aromatic nitrogens is 1. The van der Waals surface area contributed by atoms with Gasteiger partial charge in [-0.2, -0.15) is 0 Å². The first kappa shape index (κ1) is 17.7. The molecule has 0 atom stereocenters. The Labute approximate surface area is 149 Å². The maximum Gasteiger partial charge on any atom is 0.317 e. The van der Waals surface area contributed by atoms with E-state index in [0.29, 0.717) is 11.0 Å². The Hall–Kier alpha value is -2.11. The summed E-state index contributed by atoms with van der Waals surface area (Å²) in [5.41, 5.74) is 2.00. The number of pyridine rings is 1. The number of likely N-dealkylation sites (tertiary alicyclic amines) is 1. The van der Waals surface area contributed by atoms with E-state index >= 15 is 0 Å². The van der Waals surface area contributed by atoms with Gasteiger partial charge < -0.3 is 15.1 Å². The van der Waals surface area contributed by atoms with Crippen molar-refractivity contribution in [1.29, 1.82) is 0 Å². The Kier molecular flexibility index (Phi) is 4.97. The van der Waals surface area contributed by atoms with Gasteiger partial charge in [0.1, 0.15) is 0 Å². The smallest absolute Gasteiger partial charge is 0.317 e. The Bertz CT molecular complexity index is 625. The number of nitrogens with zero attached hydrogens (tertiary/aromatic N) is 3. The number of aryl methyl sites for hydroxylation is 1. The first-order chi connectivity index (χ1) is 11.9. The highest BCUT2D eigenvalue weighted by Crippen LogP contribution is 2.49. The molecule has 1 aromatic rings. The summed E-state index contributed by atoms with van der Waals surface area (Å²) in [5.74, 6) is 0.0850. The fraction of sp³-hybridized carbons (Fsp3) is 0.632. The summed E-state index contributed by atoms with van der Waals surface area (Å²) in [6, 6.07) is 4.08. The van der Waals surface area contributed by atoms with Crippen molar-refractivity contribution in [2.24, 2.45) is 5.41 Å². The minimum atomic E-state index is -0.0181. The minimum Gasteiger partial charge on any atom is -0.339 e. The largest absolute Gasteiger partial charge is 0.339 e. The Morgan fingerprint density at radius 2 is 1.96 bits per heavy atom. The van der Waals surface area contributed by atoms with Crippen LogP contribution in [0.3, 0.4) is 0 Å². The van der Waals surface area contributed by atoms with Crippen LogP contribution in [-0.2, 0) is 6.42 Å². The third kappa shape index (κ3) is 3.78. The number of amides is 3. The molecular weight excluding hydrogens is 316 g/mol. The zero-order valence-corrected chi connectivity index (χ0v) is 15.4. The third-order valence-corrected chi connectivity index (χ3v) is 5.64. The van der Waals surface area contributed by atoms with Gasteiger partial charge in [-0.3, -0.25) is 9.78 Å². The summed E-state index contributed by atoms with van der Waals surface area (Å²) in [6.45, 7) is 3.65. The number of carbonyl (C=O) groups is 2. The highest BCUT2D eigenvalue weighted by Gasteiger charge is 2.46. The first-order valence-electron chi connectivity index (χ1n) is 9.14. The molecule has 0 unspecified atom stereocenters. The van der Waals surface area contributed by atoms with E-state index in [-0.39, 0.29) is 18.0 Å². The van der Waals surface area contributed by atoms with Crippen molar-refractivity contribution in [3.05, 3.63) is 29.6 Å². The van der Waals surface area contributed by atoms with Gasteiger partial charge in [-0.1, -0.05) is 6.92 Å². The van der Waals surface area contributed by atoms with Crippen LogP contribution in [0.5, 0.6) is 0 Å². The van der Waals surface area contributed by atoms with Gasteiger partial charge in [-0.15, -0.1) is 0 Å². The van der Waals surface area contributed by atoms with Crippen molar-refractivity contribution in [1.82, 2.24) is 20.1 Å². The summed E-state index contributed by atoms with van der Waals surface area (Å²) < 4.78 is 0. The number of hydrogen-bond donors (Lipinski definition) is 1. The molecule has 2 heterocycles. The van der Waals surface area contributed by atoms with Gasteiger partial charge in [0.15, 0.2) is 0 Å². The lowest BCUT2D eigenvalue weighted by Gasteiger charge is -2.52. The SMILES string of the molecule is CCc1ccc(C(=O)N2CCC3(CC2)CC(NC(=O)N(C)C)C3)cn1. The number of urea groups is 1. The zero-order chi connectivity index (χ0) is 18.0. The summed E-state index contributed by atoms with van der Waals surface area (Å²) in [7, 11) is 3.52. The molecular formula is C19H28N4O2. The number of hydrogen-bond acceptors (Lipinski definition) is 3. The molecule has 2 fully saturated rings. The zero-order valence-electron chi connectivity index (χ0n) is 15.4. The maximum absolute atomic E-state index is 12.6. The molecule has 25 heavy (non-hydrogen) atoms. The molecule has 0 bridgehead atoms. The number of nitrogens with one attached hydrogen (secondary N) is 1. The second-order valence-electron chi connectivity index (χ2n) is 7.63. The van der Waals surface area contributed by atoms with Crippen LogP contribution in [0.15, 0.2) is 18.3 Å². The summed E-state index contributed by atoms with van der Waals surface area (Å²) in [5, 5.41) is 3.06. The van der Waals surface area contributed by atoms with Crippen molar-refractivity contribution in [2.45, 2.75) is 45.1 Å². The molecule has 1 spiro atoms. The van der Waals surface area contributed by atoms with Gasteiger partial charge in [0.05, 0.1) is 5.56 Å². The lowest BCUT2D eigenvalue weighted by Crippen LogP contribution is -2.56. The summed E-state index contributed by atoms with van der Waals surface area (Å²) >= 11 is 0. The second kappa shape index (κ2) is 7.02. The molecule has 1 saturated carbocycles. The van der Waals surface area contributed by atoms with Crippen LogP contribution >= 0.6 is 0 Å². The highest BCUT2D eigenvalue weighted by molar-refractivity contribution is 5.94. The van der Waals surface area contributed by atoms with Gasteiger partial charge in [0.2, 0.25) is 0 Å². The minimum absolute atomic E-state index is 0.0181. The van der Waals surface area contributed by atoms with Crippen molar-refractivity contribution >= 4 is 11.9 Å². The van der Waals surface area contributed by atoms with E-state index in [1.807, 2.05) is 17.0 Å². The second-order valence-corrected chi connectivity index (χ2v) is 7.63. The van der Waals surface area contributed by atoms with Crippen LogP contribution < -0.4 is 5.32 Å². The summed E-state index contributed by atoms with van der Waals surface area (Å²) in [6.07, 6.45) is 6.68.